The number of aromatic nitrogens is 4. The van der Waals surface area contributed by atoms with Crippen molar-refractivity contribution in [3.05, 3.63) is 30.1 Å². The predicted octanol–water partition coefficient (Wildman–Crippen LogP) is 1.32. The van der Waals surface area contributed by atoms with Crippen LogP contribution in [0.15, 0.2) is 24.5 Å². The van der Waals surface area contributed by atoms with E-state index in [1.165, 1.54) is 6.33 Å². The van der Waals surface area contributed by atoms with Gasteiger partial charge in [-0.05, 0) is 12.1 Å². The molecule has 3 aromatic rings. The highest BCUT2D eigenvalue weighted by molar-refractivity contribution is 7.86. The summed E-state index contributed by atoms with van der Waals surface area (Å²) in [7, 11) is -0.617. The summed E-state index contributed by atoms with van der Waals surface area (Å²) in [6.07, 6.45) is 2.35. The van der Waals surface area contributed by atoms with Gasteiger partial charge in [-0.25, -0.2) is 4.98 Å². The maximum atomic E-state index is 11.3. The largest absolute Gasteiger partial charge is 0.497 e. The monoisotopic (exact) mass is 379 g/mol. The summed E-state index contributed by atoms with van der Waals surface area (Å²) in [5.74, 6) is 1.66. The van der Waals surface area contributed by atoms with Crippen LogP contribution in [0.3, 0.4) is 0 Å². The molecule has 1 aromatic carbocycles. The van der Waals surface area contributed by atoms with Crippen LogP contribution in [0, 0.1) is 0 Å². The van der Waals surface area contributed by atoms with E-state index in [-0.39, 0.29) is 11.7 Å². The van der Waals surface area contributed by atoms with Gasteiger partial charge >= 0.3 is 16.1 Å². The first-order chi connectivity index (χ1) is 12.4. The average Bonchev–Trinajstić information content (AvgIpc) is 3.06. The first kappa shape index (κ1) is 17.7. The molecule has 2 aromatic heterocycles. The van der Waals surface area contributed by atoms with Crippen molar-refractivity contribution in [1.29, 1.82) is 0 Å². The minimum absolute atomic E-state index is 0.280. The van der Waals surface area contributed by atoms with Gasteiger partial charge in [0, 0.05) is 18.2 Å². The number of nitrogens with zero attached hydrogens (tertiary/aromatic N) is 3. The van der Waals surface area contributed by atoms with E-state index < -0.39 is 10.1 Å². The molecular weight excluding hydrogens is 362 g/mol. The predicted molar refractivity (Wildman–Crippen MR) is 94.0 cm³/mol. The second-order valence-corrected chi connectivity index (χ2v) is 6.85. The lowest BCUT2D eigenvalue weighted by atomic mass is 10.2. The van der Waals surface area contributed by atoms with Crippen LogP contribution in [0.4, 0.5) is 5.82 Å². The number of imidazole rings is 1. The van der Waals surface area contributed by atoms with Gasteiger partial charge in [-0.15, -0.1) is 0 Å². The zero-order chi connectivity index (χ0) is 18.7. The fourth-order valence-electron chi connectivity index (χ4n) is 2.29. The lowest BCUT2D eigenvalue weighted by molar-refractivity contribution is 0.391. The number of ether oxygens (including phenoxy) is 2. The van der Waals surface area contributed by atoms with E-state index in [2.05, 4.69) is 25.3 Å². The first-order valence-electron chi connectivity index (χ1n) is 7.45. The van der Waals surface area contributed by atoms with Crippen LogP contribution in [-0.4, -0.2) is 48.8 Å². The van der Waals surface area contributed by atoms with Gasteiger partial charge in [-0.3, -0.25) is 0 Å². The third-order valence-electron chi connectivity index (χ3n) is 3.43. The lowest BCUT2D eigenvalue weighted by Gasteiger charge is -2.12. The highest BCUT2D eigenvalue weighted by Gasteiger charge is 2.15. The molecule has 0 radical (unpaired) electrons. The van der Waals surface area contributed by atoms with Crippen LogP contribution in [0.2, 0.25) is 0 Å². The Bertz CT molecular complexity index is 1030. The number of benzene rings is 1. The Kier molecular flexibility index (Phi) is 4.80. The van der Waals surface area contributed by atoms with Crippen molar-refractivity contribution in [3.8, 4) is 17.5 Å². The summed E-state index contributed by atoms with van der Waals surface area (Å²) in [5.41, 5.74) is 1.66. The zero-order valence-corrected chi connectivity index (χ0v) is 15.1. The Morgan fingerprint density at radius 3 is 2.69 bits per heavy atom. The zero-order valence-electron chi connectivity index (χ0n) is 14.3. The summed E-state index contributed by atoms with van der Waals surface area (Å²) in [6, 6.07) is 5.12. The molecule has 2 heterocycles. The molecule has 0 fully saturated rings. The van der Waals surface area contributed by atoms with E-state index in [0.717, 1.165) is 11.8 Å². The second-order valence-electron chi connectivity index (χ2n) is 5.27. The summed E-state index contributed by atoms with van der Waals surface area (Å²) in [4.78, 5) is 15.0. The van der Waals surface area contributed by atoms with E-state index >= 15 is 0 Å². The molecule has 0 unspecified atom stereocenters. The second kappa shape index (κ2) is 7.04. The van der Waals surface area contributed by atoms with Gasteiger partial charge in [0.2, 0.25) is 0 Å². The lowest BCUT2D eigenvalue weighted by Crippen LogP contribution is -2.10. The third-order valence-corrected chi connectivity index (χ3v) is 3.88. The topological polar surface area (TPSA) is 128 Å². The molecule has 11 heteroatoms. The fraction of sp³-hybridized carbons (Fsp3) is 0.267. The van der Waals surface area contributed by atoms with Crippen LogP contribution in [0.1, 0.15) is 5.56 Å². The molecule has 0 saturated heterocycles. The minimum atomic E-state index is -3.76. The third kappa shape index (κ3) is 3.94. The standard InChI is InChI=1S/C15H17N5O5S/c1-23-10-5-4-9(11(6-10)24-2)7-16-13-12-14(18-8-17-12)20-15(19-13)25-26(3,21)22/h4-6,8H,7H2,1-3H3,(H2,16,17,18,19,20). The van der Waals surface area contributed by atoms with Crippen molar-refractivity contribution < 1.29 is 22.1 Å². The molecule has 10 nitrogen and oxygen atoms in total. The smallest absolute Gasteiger partial charge is 0.337 e. The van der Waals surface area contributed by atoms with Crippen LogP contribution < -0.4 is 19.0 Å². The van der Waals surface area contributed by atoms with Gasteiger partial charge in [0.15, 0.2) is 11.5 Å². The van der Waals surface area contributed by atoms with Crippen molar-refractivity contribution in [3.63, 3.8) is 0 Å². The fourth-order valence-corrected chi connectivity index (χ4v) is 2.64. The molecular formula is C15H17N5O5S. The van der Waals surface area contributed by atoms with E-state index in [4.69, 9.17) is 13.7 Å². The highest BCUT2D eigenvalue weighted by atomic mass is 32.2. The SMILES string of the molecule is COc1ccc(CNc2nc(OS(C)(=O)=O)nc3nc[nH]c23)c(OC)c1. The van der Waals surface area contributed by atoms with Crippen molar-refractivity contribution in [2.75, 3.05) is 25.8 Å². The van der Waals surface area contributed by atoms with Gasteiger partial charge in [-0.1, -0.05) is 0 Å². The Hall–Kier alpha value is -3.08. The van der Waals surface area contributed by atoms with E-state index in [9.17, 15) is 8.42 Å². The number of H-pyrrole nitrogens is 1. The summed E-state index contributed by atoms with van der Waals surface area (Å²) in [5, 5.41) is 3.11. The normalized spacial score (nSPS) is 11.3. The maximum Gasteiger partial charge on any atom is 0.337 e. The number of rotatable bonds is 7. The Morgan fingerprint density at radius 2 is 2.00 bits per heavy atom. The number of methoxy groups -OCH3 is 2. The van der Waals surface area contributed by atoms with Gasteiger partial charge in [0.05, 0.1) is 26.8 Å². The molecule has 0 atom stereocenters. The summed E-state index contributed by atoms with van der Waals surface area (Å²) >= 11 is 0. The molecule has 3 rings (SSSR count). The highest BCUT2D eigenvalue weighted by Crippen LogP contribution is 2.26. The molecule has 0 spiro atoms. The van der Waals surface area contributed by atoms with Crippen molar-refractivity contribution >= 4 is 27.1 Å². The van der Waals surface area contributed by atoms with Crippen molar-refractivity contribution in [2.45, 2.75) is 6.54 Å². The van der Waals surface area contributed by atoms with Crippen LogP contribution >= 0.6 is 0 Å². The van der Waals surface area contributed by atoms with Crippen molar-refractivity contribution in [1.82, 2.24) is 19.9 Å². The summed E-state index contributed by atoms with van der Waals surface area (Å²) in [6.45, 7) is 0.358. The average molecular weight is 379 g/mol. The molecule has 0 aliphatic rings. The van der Waals surface area contributed by atoms with Crippen molar-refractivity contribution in [2.24, 2.45) is 0 Å². The van der Waals surface area contributed by atoms with Gasteiger partial charge in [-0.2, -0.15) is 18.4 Å². The molecule has 2 N–H and O–H groups in total. The molecule has 0 aliphatic carbocycles. The van der Waals surface area contributed by atoms with E-state index in [1.807, 2.05) is 12.1 Å². The van der Waals surface area contributed by atoms with Crippen LogP contribution in [-0.2, 0) is 16.7 Å². The van der Waals surface area contributed by atoms with Gasteiger partial charge < -0.3 is 24.0 Å². The number of hydrogen-bond acceptors (Lipinski definition) is 9. The number of hydrogen-bond donors (Lipinski definition) is 2. The number of anilines is 1. The molecule has 26 heavy (non-hydrogen) atoms. The minimum Gasteiger partial charge on any atom is -0.497 e. The van der Waals surface area contributed by atoms with E-state index in [0.29, 0.717) is 29.4 Å². The molecule has 138 valence electrons. The Morgan fingerprint density at radius 1 is 1.19 bits per heavy atom. The van der Waals surface area contributed by atoms with Crippen LogP contribution in [0.5, 0.6) is 17.5 Å². The molecule has 0 saturated carbocycles. The molecule has 0 aliphatic heterocycles. The van der Waals surface area contributed by atoms with Crippen LogP contribution in [0.25, 0.3) is 11.2 Å². The quantitative estimate of drug-likeness (QED) is 0.584. The Labute approximate surface area is 149 Å². The van der Waals surface area contributed by atoms with Gasteiger partial charge in [0.25, 0.3) is 0 Å². The number of nitrogens with one attached hydrogen (secondary N) is 2. The summed E-state index contributed by atoms with van der Waals surface area (Å²) < 4.78 is 38.0. The number of fused-ring (bicyclic) bond motifs is 1. The maximum absolute atomic E-state index is 11.3. The van der Waals surface area contributed by atoms with Gasteiger partial charge in [0.1, 0.15) is 17.0 Å². The Balaban J connectivity index is 1.90. The molecule has 0 amide bonds. The number of aromatic amines is 1. The first-order valence-corrected chi connectivity index (χ1v) is 9.26. The molecule has 0 bridgehead atoms. The van der Waals surface area contributed by atoms with E-state index in [1.54, 1.807) is 20.3 Å².